The van der Waals surface area contributed by atoms with E-state index in [0.717, 1.165) is 18.5 Å². The van der Waals surface area contributed by atoms with E-state index in [1.807, 2.05) is 0 Å². The van der Waals surface area contributed by atoms with Gasteiger partial charge in [-0.3, -0.25) is 4.90 Å². The second-order valence-electron chi connectivity index (χ2n) is 6.44. The van der Waals surface area contributed by atoms with Crippen molar-refractivity contribution in [3.8, 4) is 0 Å². The lowest BCUT2D eigenvalue weighted by molar-refractivity contribution is 0.0937. The highest BCUT2D eigenvalue weighted by molar-refractivity contribution is 5.15. The first-order chi connectivity index (χ1) is 9.93. The van der Waals surface area contributed by atoms with Gasteiger partial charge < -0.3 is 5.32 Å². The lowest BCUT2D eigenvalue weighted by atomic mass is 9.82. The zero-order valence-corrected chi connectivity index (χ0v) is 12.6. The summed E-state index contributed by atoms with van der Waals surface area (Å²) in [5.41, 5.74) is 1.48. The summed E-state index contributed by atoms with van der Waals surface area (Å²) in [6.45, 7) is 4.83. The summed E-state index contributed by atoms with van der Waals surface area (Å²) in [4.78, 5) is 2.76. The van der Waals surface area contributed by atoms with E-state index in [4.69, 9.17) is 0 Å². The lowest BCUT2D eigenvalue weighted by Crippen LogP contribution is -2.55. The molecule has 3 rings (SSSR count). The average molecular weight is 272 g/mol. The van der Waals surface area contributed by atoms with Crippen LogP contribution in [0.2, 0.25) is 0 Å². The summed E-state index contributed by atoms with van der Waals surface area (Å²) in [6.07, 6.45) is 8.47. The SMILES string of the molecule is c1ccc(CCN2CCNCC2C2CCCCC2)cc1. The third-order valence-electron chi connectivity index (χ3n) is 5.12. The van der Waals surface area contributed by atoms with Gasteiger partial charge >= 0.3 is 0 Å². The molecule has 0 spiro atoms. The Hall–Kier alpha value is -0.860. The number of benzene rings is 1. The van der Waals surface area contributed by atoms with Gasteiger partial charge in [0.15, 0.2) is 0 Å². The summed E-state index contributed by atoms with van der Waals surface area (Å²) in [7, 11) is 0. The van der Waals surface area contributed by atoms with Gasteiger partial charge in [0.25, 0.3) is 0 Å². The Bertz CT molecular complexity index is 384. The quantitative estimate of drug-likeness (QED) is 0.906. The van der Waals surface area contributed by atoms with Gasteiger partial charge in [0, 0.05) is 32.2 Å². The van der Waals surface area contributed by atoms with Gasteiger partial charge in [-0.2, -0.15) is 0 Å². The van der Waals surface area contributed by atoms with Crippen molar-refractivity contribution in [2.24, 2.45) is 5.92 Å². The molecule has 2 heteroatoms. The normalized spacial score (nSPS) is 25.7. The Labute approximate surface area is 123 Å². The predicted octanol–water partition coefficient (Wildman–Crippen LogP) is 3.08. The molecule has 1 aliphatic carbocycles. The van der Waals surface area contributed by atoms with Crippen LogP contribution in [-0.2, 0) is 6.42 Å². The number of hydrogen-bond donors (Lipinski definition) is 1. The molecule has 2 fully saturated rings. The zero-order chi connectivity index (χ0) is 13.6. The van der Waals surface area contributed by atoms with Crippen LogP contribution in [0, 0.1) is 5.92 Å². The van der Waals surface area contributed by atoms with Gasteiger partial charge in [0.2, 0.25) is 0 Å². The number of nitrogens with zero attached hydrogens (tertiary/aromatic N) is 1. The van der Waals surface area contributed by atoms with Crippen LogP contribution >= 0.6 is 0 Å². The van der Waals surface area contributed by atoms with E-state index in [1.54, 1.807) is 0 Å². The van der Waals surface area contributed by atoms with Crippen molar-refractivity contribution in [3.05, 3.63) is 35.9 Å². The molecule has 1 aromatic carbocycles. The van der Waals surface area contributed by atoms with Crippen molar-refractivity contribution in [1.82, 2.24) is 10.2 Å². The largest absolute Gasteiger partial charge is 0.314 e. The van der Waals surface area contributed by atoms with Crippen molar-refractivity contribution >= 4 is 0 Å². The fraction of sp³-hybridized carbons (Fsp3) is 0.667. The number of rotatable bonds is 4. The molecule has 0 radical (unpaired) electrons. The predicted molar refractivity (Wildman–Crippen MR) is 85.0 cm³/mol. The van der Waals surface area contributed by atoms with E-state index < -0.39 is 0 Å². The zero-order valence-electron chi connectivity index (χ0n) is 12.6. The molecule has 1 atom stereocenters. The van der Waals surface area contributed by atoms with Crippen LogP contribution in [-0.4, -0.2) is 37.1 Å². The first kappa shape index (κ1) is 14.1. The average Bonchev–Trinajstić information content (AvgIpc) is 2.55. The summed E-state index contributed by atoms with van der Waals surface area (Å²) in [5, 5.41) is 3.62. The van der Waals surface area contributed by atoms with Crippen LogP contribution in [0.5, 0.6) is 0 Å². The molecule has 2 nitrogen and oxygen atoms in total. The Morgan fingerprint density at radius 1 is 1.05 bits per heavy atom. The maximum Gasteiger partial charge on any atom is 0.0249 e. The van der Waals surface area contributed by atoms with Crippen molar-refractivity contribution < 1.29 is 0 Å². The number of nitrogens with one attached hydrogen (secondary N) is 1. The minimum atomic E-state index is 0.785. The van der Waals surface area contributed by atoms with E-state index in [1.165, 1.54) is 63.7 Å². The Morgan fingerprint density at radius 3 is 2.65 bits per heavy atom. The van der Waals surface area contributed by atoms with E-state index in [2.05, 4.69) is 40.5 Å². The van der Waals surface area contributed by atoms with Gasteiger partial charge in [-0.25, -0.2) is 0 Å². The molecular weight excluding hydrogens is 244 g/mol. The van der Waals surface area contributed by atoms with Gasteiger partial charge in [-0.05, 0) is 30.7 Å². The number of hydrogen-bond acceptors (Lipinski definition) is 2. The maximum atomic E-state index is 3.62. The first-order valence-corrected chi connectivity index (χ1v) is 8.42. The Morgan fingerprint density at radius 2 is 1.85 bits per heavy atom. The summed E-state index contributed by atoms with van der Waals surface area (Å²) < 4.78 is 0. The summed E-state index contributed by atoms with van der Waals surface area (Å²) in [6, 6.07) is 11.7. The molecule has 20 heavy (non-hydrogen) atoms. The highest BCUT2D eigenvalue weighted by Crippen LogP contribution is 2.29. The molecule has 0 amide bonds. The second-order valence-corrected chi connectivity index (χ2v) is 6.44. The molecule has 1 aromatic rings. The molecule has 1 heterocycles. The standard InChI is InChI=1S/C18H28N2/c1-3-7-16(8-4-1)11-13-20-14-12-19-15-18(20)17-9-5-2-6-10-17/h1,3-4,7-8,17-19H,2,5-6,9-15H2. The summed E-state index contributed by atoms with van der Waals surface area (Å²) in [5.74, 6) is 0.937. The van der Waals surface area contributed by atoms with Gasteiger partial charge in [0.05, 0.1) is 0 Å². The molecule has 1 saturated carbocycles. The van der Waals surface area contributed by atoms with Crippen LogP contribution in [0.3, 0.4) is 0 Å². The van der Waals surface area contributed by atoms with Crippen molar-refractivity contribution in [2.45, 2.75) is 44.6 Å². The molecule has 0 aromatic heterocycles. The first-order valence-electron chi connectivity index (χ1n) is 8.42. The van der Waals surface area contributed by atoms with E-state index in [-0.39, 0.29) is 0 Å². The molecule has 1 aliphatic heterocycles. The molecular formula is C18H28N2. The van der Waals surface area contributed by atoms with Crippen LogP contribution in [0.25, 0.3) is 0 Å². The van der Waals surface area contributed by atoms with E-state index in [0.29, 0.717) is 0 Å². The second kappa shape index (κ2) is 7.24. The molecule has 2 aliphatic rings. The van der Waals surface area contributed by atoms with Crippen molar-refractivity contribution in [3.63, 3.8) is 0 Å². The lowest BCUT2D eigenvalue weighted by Gasteiger charge is -2.42. The fourth-order valence-electron chi connectivity index (χ4n) is 3.95. The molecule has 110 valence electrons. The highest BCUT2D eigenvalue weighted by atomic mass is 15.2. The maximum absolute atomic E-state index is 3.62. The molecule has 1 saturated heterocycles. The smallest absolute Gasteiger partial charge is 0.0249 e. The third-order valence-corrected chi connectivity index (χ3v) is 5.12. The van der Waals surface area contributed by atoms with Crippen LogP contribution in [0.15, 0.2) is 30.3 Å². The Balaban J connectivity index is 1.57. The summed E-state index contributed by atoms with van der Waals surface area (Å²) >= 11 is 0. The van der Waals surface area contributed by atoms with Crippen LogP contribution in [0.4, 0.5) is 0 Å². The van der Waals surface area contributed by atoms with Crippen molar-refractivity contribution in [1.29, 1.82) is 0 Å². The fourth-order valence-corrected chi connectivity index (χ4v) is 3.95. The van der Waals surface area contributed by atoms with Crippen LogP contribution in [0.1, 0.15) is 37.7 Å². The monoisotopic (exact) mass is 272 g/mol. The van der Waals surface area contributed by atoms with Gasteiger partial charge in [-0.15, -0.1) is 0 Å². The molecule has 1 N–H and O–H groups in total. The van der Waals surface area contributed by atoms with Crippen LogP contribution < -0.4 is 5.32 Å². The third kappa shape index (κ3) is 3.62. The molecule has 0 bridgehead atoms. The van der Waals surface area contributed by atoms with E-state index >= 15 is 0 Å². The minimum absolute atomic E-state index is 0.785. The number of piperazine rings is 1. The van der Waals surface area contributed by atoms with E-state index in [9.17, 15) is 0 Å². The molecule has 1 unspecified atom stereocenters. The van der Waals surface area contributed by atoms with Gasteiger partial charge in [0.1, 0.15) is 0 Å². The van der Waals surface area contributed by atoms with Gasteiger partial charge in [-0.1, -0.05) is 49.6 Å². The van der Waals surface area contributed by atoms with Crippen molar-refractivity contribution in [2.75, 3.05) is 26.2 Å². The Kier molecular flexibility index (Phi) is 5.10. The minimum Gasteiger partial charge on any atom is -0.314 e. The highest BCUT2D eigenvalue weighted by Gasteiger charge is 2.30. The topological polar surface area (TPSA) is 15.3 Å².